The summed E-state index contributed by atoms with van der Waals surface area (Å²) in [5.74, 6) is 0.896. The molecule has 0 unspecified atom stereocenters. The Balaban J connectivity index is 2.03. The third-order valence-corrected chi connectivity index (χ3v) is 4.13. The van der Waals surface area contributed by atoms with Crippen molar-refractivity contribution < 1.29 is 0 Å². The molecule has 0 radical (unpaired) electrons. The zero-order valence-corrected chi connectivity index (χ0v) is 9.25. The second kappa shape index (κ2) is 4.23. The normalized spacial score (nSPS) is 25.5. The minimum absolute atomic E-state index is 0.409. The third kappa shape index (κ3) is 1.98. The van der Waals surface area contributed by atoms with Crippen molar-refractivity contribution in [3.63, 3.8) is 0 Å². The van der Waals surface area contributed by atoms with Crippen LogP contribution in [0.3, 0.4) is 0 Å². The van der Waals surface area contributed by atoms with Crippen LogP contribution in [0.4, 0.5) is 0 Å². The summed E-state index contributed by atoms with van der Waals surface area (Å²) < 4.78 is 0. The van der Waals surface area contributed by atoms with E-state index in [1.807, 2.05) is 0 Å². The molecule has 0 bridgehead atoms. The summed E-state index contributed by atoms with van der Waals surface area (Å²) in [5.41, 5.74) is 1.61. The van der Waals surface area contributed by atoms with Gasteiger partial charge >= 0.3 is 80.7 Å². The summed E-state index contributed by atoms with van der Waals surface area (Å²) in [6.45, 7) is 0. The Bertz CT molecular complexity index is 229. The van der Waals surface area contributed by atoms with Crippen molar-refractivity contribution in [2.75, 3.05) is 0 Å². The second-order valence-electron chi connectivity index (χ2n) is 3.62. The number of rotatable bonds is 1. The van der Waals surface area contributed by atoms with E-state index in [0.29, 0.717) is 15.3 Å². The maximum atomic E-state index is 2.38. The van der Waals surface area contributed by atoms with Crippen LogP contribution in [0.2, 0.25) is 0 Å². The van der Waals surface area contributed by atoms with E-state index in [0.717, 1.165) is 5.92 Å². The standard InChI is InChI=1S/C11H15As/c1-2-4-10(5-3-1)11-6-8-12-9-7-11/h6-10H,1-5H2. The van der Waals surface area contributed by atoms with Gasteiger partial charge in [0.2, 0.25) is 0 Å². The van der Waals surface area contributed by atoms with Gasteiger partial charge in [0, 0.05) is 0 Å². The average molecular weight is 222 g/mol. The van der Waals surface area contributed by atoms with Crippen molar-refractivity contribution in [2.24, 2.45) is 5.92 Å². The molecule has 1 heteroatoms. The summed E-state index contributed by atoms with van der Waals surface area (Å²) in [4.78, 5) is 4.75. The first kappa shape index (κ1) is 8.50. The van der Waals surface area contributed by atoms with Gasteiger partial charge in [-0.3, -0.25) is 0 Å². The predicted molar refractivity (Wildman–Crippen MR) is 55.6 cm³/mol. The zero-order chi connectivity index (χ0) is 8.23. The summed E-state index contributed by atoms with van der Waals surface area (Å²) in [6, 6.07) is 0. The molecule has 2 rings (SSSR count). The monoisotopic (exact) mass is 222 g/mol. The fraction of sp³-hybridized carbons (Fsp3) is 0.545. The third-order valence-electron chi connectivity index (χ3n) is 2.78. The van der Waals surface area contributed by atoms with E-state index in [-0.39, 0.29) is 0 Å². The Kier molecular flexibility index (Phi) is 3.00. The number of hydrogen-bond acceptors (Lipinski definition) is 0. The van der Waals surface area contributed by atoms with Crippen LogP contribution in [0.25, 0.3) is 0 Å². The SMILES string of the molecule is C1=CC(C2CCCCC2)=CC=[As]1. The van der Waals surface area contributed by atoms with Gasteiger partial charge in [-0.2, -0.15) is 0 Å². The maximum absolute atomic E-state index is 2.38. The molecule has 1 saturated carbocycles. The van der Waals surface area contributed by atoms with Crippen molar-refractivity contribution in [1.29, 1.82) is 0 Å². The van der Waals surface area contributed by atoms with Crippen LogP contribution in [0.1, 0.15) is 32.1 Å². The predicted octanol–water partition coefficient (Wildman–Crippen LogP) is 2.53. The molecular weight excluding hydrogens is 207 g/mol. The van der Waals surface area contributed by atoms with E-state index in [2.05, 4.69) is 21.8 Å². The van der Waals surface area contributed by atoms with E-state index < -0.39 is 0 Å². The van der Waals surface area contributed by atoms with E-state index in [9.17, 15) is 0 Å². The van der Waals surface area contributed by atoms with Crippen LogP contribution in [-0.2, 0) is 0 Å². The molecule has 0 amide bonds. The van der Waals surface area contributed by atoms with Gasteiger partial charge < -0.3 is 0 Å². The average Bonchev–Trinajstić information content (AvgIpc) is 2.21. The molecule has 0 saturated heterocycles. The Labute approximate surface area is 81.0 Å². The molecular formula is C11H15As. The fourth-order valence-corrected chi connectivity index (χ4v) is 3.36. The van der Waals surface area contributed by atoms with Gasteiger partial charge in [-0.1, -0.05) is 0 Å². The molecule has 64 valence electrons. The molecule has 0 aromatic carbocycles. The van der Waals surface area contributed by atoms with E-state index >= 15 is 0 Å². The van der Waals surface area contributed by atoms with Gasteiger partial charge in [-0.25, -0.2) is 0 Å². The van der Waals surface area contributed by atoms with Crippen molar-refractivity contribution in [1.82, 2.24) is 0 Å². The first-order chi connectivity index (χ1) is 5.97. The zero-order valence-electron chi connectivity index (χ0n) is 7.37. The first-order valence-electron chi connectivity index (χ1n) is 4.87. The van der Waals surface area contributed by atoms with E-state index in [4.69, 9.17) is 0 Å². The van der Waals surface area contributed by atoms with E-state index in [1.165, 1.54) is 32.1 Å². The number of hydrogen-bond donors (Lipinski definition) is 0. The molecule has 2 aliphatic rings. The summed E-state index contributed by atoms with van der Waals surface area (Å²) in [6.07, 6.45) is 12.0. The van der Waals surface area contributed by atoms with Crippen LogP contribution in [-0.4, -0.2) is 20.1 Å². The van der Waals surface area contributed by atoms with Gasteiger partial charge in [0.25, 0.3) is 0 Å². The Morgan fingerprint density at radius 3 is 2.67 bits per heavy atom. The molecule has 1 aliphatic heterocycles. The fourth-order valence-electron chi connectivity index (χ4n) is 2.07. The molecule has 0 nitrogen and oxygen atoms in total. The van der Waals surface area contributed by atoms with Crippen LogP contribution in [0.5, 0.6) is 0 Å². The van der Waals surface area contributed by atoms with Crippen molar-refractivity contribution in [3.05, 3.63) is 22.6 Å². The van der Waals surface area contributed by atoms with Crippen LogP contribution in [0, 0.1) is 5.92 Å². The second-order valence-corrected chi connectivity index (χ2v) is 5.49. The molecule has 0 aromatic heterocycles. The van der Waals surface area contributed by atoms with Gasteiger partial charge in [-0.15, -0.1) is 0 Å². The van der Waals surface area contributed by atoms with Gasteiger partial charge in [0.1, 0.15) is 0 Å². The molecule has 0 atom stereocenters. The van der Waals surface area contributed by atoms with Crippen LogP contribution in [0.15, 0.2) is 22.6 Å². The summed E-state index contributed by atoms with van der Waals surface area (Å²) >= 11 is 0.409. The summed E-state index contributed by atoms with van der Waals surface area (Å²) in [7, 11) is 0. The van der Waals surface area contributed by atoms with E-state index in [1.54, 1.807) is 5.57 Å². The van der Waals surface area contributed by atoms with Gasteiger partial charge in [0.15, 0.2) is 0 Å². The molecule has 1 fully saturated rings. The van der Waals surface area contributed by atoms with Crippen molar-refractivity contribution in [2.45, 2.75) is 32.1 Å². The summed E-state index contributed by atoms with van der Waals surface area (Å²) in [5, 5.41) is 0. The molecule has 0 spiro atoms. The quantitative estimate of drug-likeness (QED) is 0.598. The molecule has 1 aliphatic carbocycles. The van der Waals surface area contributed by atoms with Crippen molar-refractivity contribution >= 4 is 20.1 Å². The molecule has 0 aromatic rings. The van der Waals surface area contributed by atoms with Gasteiger partial charge in [-0.05, 0) is 0 Å². The van der Waals surface area contributed by atoms with Gasteiger partial charge in [0.05, 0.1) is 0 Å². The Morgan fingerprint density at radius 1 is 1.17 bits per heavy atom. The molecule has 12 heavy (non-hydrogen) atoms. The Morgan fingerprint density at radius 2 is 2.00 bits per heavy atom. The molecule has 1 heterocycles. The first-order valence-corrected chi connectivity index (χ1v) is 7.03. The van der Waals surface area contributed by atoms with Crippen LogP contribution < -0.4 is 0 Å². The topological polar surface area (TPSA) is 0 Å². The van der Waals surface area contributed by atoms with Crippen molar-refractivity contribution in [3.8, 4) is 0 Å². The number of allylic oxidation sites excluding steroid dienone is 3. The van der Waals surface area contributed by atoms with Crippen LogP contribution >= 0.6 is 0 Å². The Hall–Kier alpha value is -0.0916. The molecule has 0 N–H and O–H groups in total. The minimum atomic E-state index is 0.409.